The Morgan fingerprint density at radius 2 is 1.53 bits per heavy atom. The molecule has 13 atom stereocenters. The molecule has 0 aliphatic heterocycles. The fraction of sp³-hybridized carbons (Fsp3) is 0.740. The molecule has 10 rings (SSSR count). The molecule has 5 nitrogen and oxygen atoms in total. The first-order chi connectivity index (χ1) is 26.2. The molecule has 0 amide bonds. The monoisotopic (exact) mass is 749 g/mol. The van der Waals surface area contributed by atoms with Crippen LogP contribution >= 0.6 is 0 Å². The lowest BCUT2D eigenvalue weighted by molar-refractivity contribution is -0.156. The van der Waals surface area contributed by atoms with E-state index in [1.165, 1.54) is 69.8 Å². The molecular weight excluding hydrogens is 681 g/mol. The third kappa shape index (κ3) is 5.13. The van der Waals surface area contributed by atoms with E-state index < -0.39 is 34.7 Å². The highest BCUT2D eigenvalue weighted by molar-refractivity contribution is 5.95. The summed E-state index contributed by atoms with van der Waals surface area (Å²) in [5.41, 5.74) is 7.29. The second-order valence-electron chi connectivity index (χ2n) is 21.9. The van der Waals surface area contributed by atoms with Crippen molar-refractivity contribution in [3.8, 4) is 0 Å². The van der Waals surface area contributed by atoms with Gasteiger partial charge in [0.25, 0.3) is 0 Å². The highest BCUT2D eigenvalue weighted by Gasteiger charge is 2.69. The zero-order valence-corrected chi connectivity index (χ0v) is 34.2. The molecule has 298 valence electrons. The van der Waals surface area contributed by atoms with Crippen molar-refractivity contribution in [2.24, 2.45) is 63.1 Å². The summed E-state index contributed by atoms with van der Waals surface area (Å²) in [4.78, 5) is 13.9. The van der Waals surface area contributed by atoms with E-state index in [0.29, 0.717) is 36.5 Å². The number of hydrogen-bond acceptors (Lipinski definition) is 5. The number of aliphatic hydroxyl groups excluding tert-OH is 3. The fourth-order valence-corrected chi connectivity index (χ4v) is 16.9. The van der Waals surface area contributed by atoms with Crippen LogP contribution in [-0.4, -0.2) is 50.1 Å². The van der Waals surface area contributed by atoms with Crippen molar-refractivity contribution in [3.63, 3.8) is 0 Å². The quantitative estimate of drug-likeness (QED) is 0.230. The molecular formula is C50H68O5. The Kier molecular flexibility index (Phi) is 8.61. The predicted octanol–water partition coefficient (Wildman–Crippen LogP) is 9.22. The highest BCUT2D eigenvalue weighted by Crippen LogP contribution is 2.72. The van der Waals surface area contributed by atoms with Crippen LogP contribution in [0.25, 0.3) is 0 Å². The van der Waals surface area contributed by atoms with Gasteiger partial charge in [-0.05, 0) is 160 Å². The largest absolute Gasteiger partial charge is 0.392 e. The fourth-order valence-electron chi connectivity index (χ4n) is 16.9. The number of ketones is 1. The molecule has 0 aromatic heterocycles. The number of fused-ring (bicyclic) bond motifs is 8. The molecule has 9 aliphatic carbocycles. The molecule has 6 saturated carbocycles. The molecule has 55 heavy (non-hydrogen) atoms. The van der Waals surface area contributed by atoms with Gasteiger partial charge in [0.15, 0.2) is 5.78 Å². The Bertz CT molecular complexity index is 1830. The molecule has 1 spiro atoms. The van der Waals surface area contributed by atoms with Gasteiger partial charge in [-0.15, -0.1) is 0 Å². The van der Waals surface area contributed by atoms with Gasteiger partial charge in [-0.2, -0.15) is 0 Å². The van der Waals surface area contributed by atoms with E-state index in [0.717, 1.165) is 37.7 Å². The zero-order chi connectivity index (χ0) is 38.3. The van der Waals surface area contributed by atoms with Gasteiger partial charge in [0.1, 0.15) is 0 Å². The standard InChI is InChI=1S/C50H68O5/c1-46(2,27-29-12-6-5-7-13-29)44-32-16-11-21-49(19-8-9-20-49)43(32)31-15-10-14-30-24-33(45(54)42(44)41(30)31)34-18-23-50(55)36-25-38(51)37-26-39(52)40(53)28-47(37,3)35(36)17-22-48(34,50)4/h5-7,12-13,25,30,33-35,37,39-40,42-43,45,52-55H,8-11,14-24,26-28H2,1-4H3/t30-,33+,34+,35+,37+,39+,40-,42?,43-,45-,47+,48+,50+/m0/s1. The minimum atomic E-state index is -1.11. The van der Waals surface area contributed by atoms with Crippen molar-refractivity contribution in [2.75, 3.05) is 0 Å². The maximum Gasteiger partial charge on any atom is 0.159 e. The minimum absolute atomic E-state index is 0.0144. The Balaban J connectivity index is 1.06. The van der Waals surface area contributed by atoms with Crippen molar-refractivity contribution < 1.29 is 25.2 Å². The van der Waals surface area contributed by atoms with Gasteiger partial charge in [0.05, 0.1) is 23.9 Å². The van der Waals surface area contributed by atoms with Crippen molar-refractivity contribution in [2.45, 2.75) is 167 Å². The minimum Gasteiger partial charge on any atom is -0.392 e. The molecule has 0 saturated heterocycles. The van der Waals surface area contributed by atoms with Crippen molar-refractivity contribution >= 4 is 5.78 Å². The molecule has 1 aromatic rings. The number of carbonyl (C=O) groups excluding carboxylic acids is 1. The lowest BCUT2D eigenvalue weighted by Gasteiger charge is -2.61. The van der Waals surface area contributed by atoms with Crippen molar-refractivity contribution in [1.82, 2.24) is 0 Å². The maximum absolute atomic E-state index is 13.9. The summed E-state index contributed by atoms with van der Waals surface area (Å²) in [6.07, 6.45) is 18.4. The Labute approximate surface area is 330 Å². The lowest BCUT2D eigenvalue weighted by Crippen LogP contribution is -2.61. The predicted molar refractivity (Wildman–Crippen MR) is 216 cm³/mol. The van der Waals surface area contributed by atoms with E-state index >= 15 is 0 Å². The summed E-state index contributed by atoms with van der Waals surface area (Å²) < 4.78 is 0. The molecule has 0 bridgehead atoms. The third-order valence-electron chi connectivity index (χ3n) is 19.1. The van der Waals surface area contributed by atoms with Gasteiger partial charge in [0, 0.05) is 23.2 Å². The van der Waals surface area contributed by atoms with E-state index in [-0.39, 0.29) is 40.8 Å². The number of carbonyl (C=O) groups is 1. The molecule has 6 fully saturated rings. The van der Waals surface area contributed by atoms with Crippen LogP contribution in [-0.2, 0) is 11.2 Å². The summed E-state index contributed by atoms with van der Waals surface area (Å²) in [5, 5.41) is 48.0. The molecule has 4 N–H and O–H groups in total. The number of hydrogen-bond donors (Lipinski definition) is 4. The van der Waals surface area contributed by atoms with Gasteiger partial charge >= 0.3 is 0 Å². The highest BCUT2D eigenvalue weighted by atomic mass is 16.3. The molecule has 1 unspecified atom stereocenters. The third-order valence-corrected chi connectivity index (χ3v) is 19.1. The molecule has 9 aliphatic rings. The zero-order valence-electron chi connectivity index (χ0n) is 34.2. The van der Waals surface area contributed by atoms with Crippen LogP contribution in [0.3, 0.4) is 0 Å². The Hall–Kier alpha value is -2.05. The first-order valence-electron chi connectivity index (χ1n) is 22.8. The molecule has 0 heterocycles. The maximum atomic E-state index is 13.9. The number of allylic oxidation sites excluding steroid dienone is 3. The van der Waals surface area contributed by atoms with E-state index in [4.69, 9.17) is 0 Å². The van der Waals surface area contributed by atoms with Gasteiger partial charge in [-0.1, -0.05) is 93.2 Å². The first-order valence-corrected chi connectivity index (χ1v) is 22.8. The normalized spacial score (nSPS) is 46.1. The van der Waals surface area contributed by atoms with Gasteiger partial charge in [0.2, 0.25) is 0 Å². The average molecular weight is 749 g/mol. The molecule has 1 aromatic carbocycles. The van der Waals surface area contributed by atoms with E-state index in [1.807, 2.05) is 0 Å². The Morgan fingerprint density at radius 3 is 2.29 bits per heavy atom. The van der Waals surface area contributed by atoms with Crippen molar-refractivity contribution in [1.29, 1.82) is 0 Å². The van der Waals surface area contributed by atoms with E-state index in [2.05, 4.69) is 58.0 Å². The number of aliphatic hydroxyl groups is 4. The topological polar surface area (TPSA) is 98.0 Å². The number of benzene rings is 1. The van der Waals surface area contributed by atoms with Gasteiger partial charge in [-0.25, -0.2) is 0 Å². The Morgan fingerprint density at radius 1 is 0.800 bits per heavy atom. The molecule has 5 heteroatoms. The second kappa shape index (κ2) is 12.7. The van der Waals surface area contributed by atoms with Crippen LogP contribution < -0.4 is 0 Å². The second-order valence-corrected chi connectivity index (χ2v) is 21.9. The van der Waals surface area contributed by atoms with E-state index in [1.54, 1.807) is 28.4 Å². The summed E-state index contributed by atoms with van der Waals surface area (Å²) >= 11 is 0. The van der Waals surface area contributed by atoms with E-state index in [9.17, 15) is 25.2 Å². The van der Waals surface area contributed by atoms with Crippen LogP contribution in [0.15, 0.2) is 64.3 Å². The van der Waals surface area contributed by atoms with Crippen LogP contribution in [0.5, 0.6) is 0 Å². The summed E-state index contributed by atoms with van der Waals surface area (Å²) in [6, 6.07) is 11.1. The van der Waals surface area contributed by atoms with Crippen LogP contribution in [0.2, 0.25) is 0 Å². The van der Waals surface area contributed by atoms with Crippen molar-refractivity contribution in [3.05, 3.63) is 69.8 Å². The summed E-state index contributed by atoms with van der Waals surface area (Å²) in [5.74, 6) is 1.08. The van der Waals surface area contributed by atoms with Crippen LogP contribution in [0.4, 0.5) is 0 Å². The SMILES string of the molecule is CC(C)(Cc1ccccc1)C1=C2CCCC3(CCCC3)[C@H]2C2=C3C1[C@@H](O)[C@@H]([C@H]1CC[C@@]4(O)C5=CC(=O)[C@H]6C[C@@H](O)[C@@H](O)C[C@]6(C)[C@@H]5CC[C@]14C)C[C@@H]3CCC2. The summed E-state index contributed by atoms with van der Waals surface area (Å²) in [6.45, 7) is 9.44. The van der Waals surface area contributed by atoms with Crippen LogP contribution in [0.1, 0.15) is 142 Å². The first kappa shape index (κ1) is 37.2. The average Bonchev–Trinajstić information content (AvgIpc) is 3.72. The van der Waals surface area contributed by atoms with Gasteiger partial charge in [-0.3, -0.25) is 4.79 Å². The van der Waals surface area contributed by atoms with Crippen LogP contribution in [0, 0.1) is 63.1 Å². The smallest absolute Gasteiger partial charge is 0.159 e. The lowest BCUT2D eigenvalue weighted by atomic mass is 9.44. The van der Waals surface area contributed by atoms with Gasteiger partial charge < -0.3 is 20.4 Å². The summed E-state index contributed by atoms with van der Waals surface area (Å²) in [7, 11) is 0. The number of rotatable bonds is 4. The molecule has 0 radical (unpaired) electrons.